The average Bonchev–Trinajstić information content (AvgIpc) is 2.34. The van der Waals surface area contributed by atoms with Crippen molar-refractivity contribution in [3.05, 3.63) is 34.5 Å². The molecule has 18 heavy (non-hydrogen) atoms. The molecular weight excluding hydrogens is 246 g/mol. The van der Waals surface area contributed by atoms with Crippen LogP contribution in [0.3, 0.4) is 0 Å². The second-order valence-corrected chi connectivity index (χ2v) is 4.84. The molecule has 0 atom stereocenters. The zero-order valence-electron chi connectivity index (χ0n) is 10.7. The molecule has 4 heteroatoms. The van der Waals surface area contributed by atoms with E-state index in [9.17, 15) is 0 Å². The monoisotopic (exact) mass is 259 g/mol. The van der Waals surface area contributed by atoms with E-state index in [-0.39, 0.29) is 0 Å². The van der Waals surface area contributed by atoms with Gasteiger partial charge in [0.1, 0.15) is 0 Å². The van der Waals surface area contributed by atoms with Gasteiger partial charge in [0.15, 0.2) is 0 Å². The van der Waals surface area contributed by atoms with Gasteiger partial charge in [-0.05, 0) is 30.7 Å². The Morgan fingerprint density at radius 2 is 2.11 bits per heavy atom. The van der Waals surface area contributed by atoms with Gasteiger partial charge in [0.2, 0.25) is 0 Å². The van der Waals surface area contributed by atoms with Gasteiger partial charge in [-0.15, -0.1) is 0 Å². The summed E-state index contributed by atoms with van der Waals surface area (Å²) >= 11 is 6.13. The van der Waals surface area contributed by atoms with Gasteiger partial charge in [0, 0.05) is 30.2 Å². The lowest BCUT2D eigenvalue weighted by atomic mass is 10.1. The molecule has 0 radical (unpaired) electrons. The first-order valence-corrected chi connectivity index (χ1v) is 6.05. The van der Waals surface area contributed by atoms with Gasteiger partial charge >= 0.3 is 0 Å². The molecule has 0 amide bonds. The van der Waals surface area contributed by atoms with Crippen molar-refractivity contribution in [2.75, 3.05) is 19.0 Å². The third kappa shape index (κ3) is 2.12. The molecule has 0 aliphatic rings. The van der Waals surface area contributed by atoms with Crippen LogP contribution in [0.5, 0.6) is 0 Å². The summed E-state index contributed by atoms with van der Waals surface area (Å²) in [6.07, 6.45) is 0.308. The van der Waals surface area contributed by atoms with Gasteiger partial charge in [0.05, 0.1) is 23.7 Å². The van der Waals surface area contributed by atoms with Crippen LogP contribution >= 0.6 is 11.6 Å². The fraction of sp³-hybridized carbons (Fsp3) is 0.286. The molecule has 0 saturated carbocycles. The average molecular weight is 260 g/mol. The van der Waals surface area contributed by atoms with Crippen LogP contribution in [-0.4, -0.2) is 19.1 Å². The van der Waals surface area contributed by atoms with Crippen LogP contribution in [0.4, 0.5) is 5.69 Å². The van der Waals surface area contributed by atoms with Crippen LogP contribution in [0, 0.1) is 18.3 Å². The number of nitriles is 1. The number of hydrogen-bond acceptors (Lipinski definition) is 3. The summed E-state index contributed by atoms with van der Waals surface area (Å²) in [5.41, 5.74) is 3.67. The van der Waals surface area contributed by atoms with Gasteiger partial charge in [-0.25, -0.2) is 0 Å². The van der Waals surface area contributed by atoms with E-state index in [2.05, 4.69) is 11.1 Å². The lowest BCUT2D eigenvalue weighted by Gasteiger charge is -2.17. The lowest BCUT2D eigenvalue weighted by Crippen LogP contribution is -2.10. The number of aryl methyl sites for hydroxylation is 1. The Labute approximate surface area is 112 Å². The van der Waals surface area contributed by atoms with Crippen molar-refractivity contribution >= 4 is 28.2 Å². The fourth-order valence-corrected chi connectivity index (χ4v) is 2.13. The first kappa shape index (κ1) is 12.7. The standard InChI is InChI=1S/C14H14ClN3/c1-9-12(15)5-4-11-13(18(2)3)8-10(6-7-16)17-14(9)11/h4-5,8H,6H2,1-3H3. The predicted molar refractivity (Wildman–Crippen MR) is 75.1 cm³/mol. The highest BCUT2D eigenvalue weighted by Gasteiger charge is 2.11. The van der Waals surface area contributed by atoms with Crippen molar-refractivity contribution in [1.82, 2.24) is 4.98 Å². The van der Waals surface area contributed by atoms with E-state index in [0.717, 1.165) is 27.8 Å². The van der Waals surface area contributed by atoms with Crippen molar-refractivity contribution < 1.29 is 0 Å². The highest BCUT2D eigenvalue weighted by Crippen LogP contribution is 2.31. The predicted octanol–water partition coefficient (Wildman–Crippen LogP) is 3.33. The number of benzene rings is 1. The number of rotatable bonds is 2. The lowest BCUT2D eigenvalue weighted by molar-refractivity contribution is 1.09. The fourth-order valence-electron chi connectivity index (χ4n) is 1.98. The minimum Gasteiger partial charge on any atom is -0.377 e. The van der Waals surface area contributed by atoms with Gasteiger partial charge in [-0.3, -0.25) is 4.98 Å². The molecule has 0 spiro atoms. The normalized spacial score (nSPS) is 10.4. The Bertz CT molecular complexity index is 642. The molecule has 2 rings (SSSR count). The van der Waals surface area contributed by atoms with E-state index in [0.29, 0.717) is 11.4 Å². The second kappa shape index (κ2) is 4.83. The summed E-state index contributed by atoms with van der Waals surface area (Å²) in [5.74, 6) is 0. The molecule has 0 fully saturated rings. The smallest absolute Gasteiger partial charge is 0.0775 e. The third-order valence-corrected chi connectivity index (χ3v) is 3.35. The van der Waals surface area contributed by atoms with E-state index in [1.54, 1.807) is 0 Å². The van der Waals surface area contributed by atoms with Gasteiger partial charge < -0.3 is 4.90 Å². The largest absolute Gasteiger partial charge is 0.377 e. The summed E-state index contributed by atoms with van der Waals surface area (Å²) in [5, 5.41) is 10.6. The second-order valence-electron chi connectivity index (χ2n) is 4.43. The SMILES string of the molecule is Cc1c(Cl)ccc2c(N(C)C)cc(CC#N)nc12. The van der Waals surface area contributed by atoms with Crippen LogP contribution in [0.1, 0.15) is 11.3 Å². The topological polar surface area (TPSA) is 39.9 Å². The zero-order valence-corrected chi connectivity index (χ0v) is 11.4. The van der Waals surface area contributed by atoms with Crippen molar-refractivity contribution in [3.63, 3.8) is 0 Å². The summed E-state index contributed by atoms with van der Waals surface area (Å²) in [6.45, 7) is 1.95. The van der Waals surface area contributed by atoms with Crippen molar-refractivity contribution in [2.45, 2.75) is 13.3 Å². The molecule has 0 saturated heterocycles. The molecule has 0 aliphatic heterocycles. The van der Waals surface area contributed by atoms with Crippen molar-refractivity contribution in [1.29, 1.82) is 5.26 Å². The Morgan fingerprint density at radius 3 is 2.72 bits per heavy atom. The first-order valence-electron chi connectivity index (χ1n) is 5.67. The Balaban J connectivity index is 2.82. The number of pyridine rings is 1. The molecule has 0 bridgehead atoms. The molecule has 0 unspecified atom stereocenters. The quantitative estimate of drug-likeness (QED) is 0.831. The minimum absolute atomic E-state index is 0.308. The molecule has 3 nitrogen and oxygen atoms in total. The van der Waals surface area contributed by atoms with Crippen LogP contribution < -0.4 is 4.90 Å². The molecule has 92 valence electrons. The summed E-state index contributed by atoms with van der Waals surface area (Å²) in [4.78, 5) is 6.56. The zero-order chi connectivity index (χ0) is 13.3. The molecule has 1 heterocycles. The van der Waals surface area contributed by atoms with Crippen molar-refractivity contribution in [2.24, 2.45) is 0 Å². The summed E-state index contributed by atoms with van der Waals surface area (Å²) in [7, 11) is 3.96. The molecular formula is C14H14ClN3. The van der Waals surface area contributed by atoms with E-state index in [4.69, 9.17) is 16.9 Å². The molecule has 2 aromatic rings. The van der Waals surface area contributed by atoms with Crippen molar-refractivity contribution in [3.8, 4) is 6.07 Å². The first-order chi connectivity index (χ1) is 8.54. The molecule has 1 aromatic heterocycles. The number of fused-ring (bicyclic) bond motifs is 1. The van der Waals surface area contributed by atoms with Gasteiger partial charge in [0.25, 0.3) is 0 Å². The Hall–Kier alpha value is -1.79. The maximum absolute atomic E-state index is 8.82. The highest BCUT2D eigenvalue weighted by atomic mass is 35.5. The number of aromatic nitrogens is 1. The van der Waals surface area contributed by atoms with Crippen LogP contribution in [0.15, 0.2) is 18.2 Å². The minimum atomic E-state index is 0.308. The molecule has 0 aliphatic carbocycles. The van der Waals surface area contributed by atoms with Crippen LogP contribution in [0.25, 0.3) is 10.9 Å². The number of anilines is 1. The summed E-state index contributed by atoms with van der Waals surface area (Å²) < 4.78 is 0. The van der Waals surface area contributed by atoms with Gasteiger partial charge in [-0.2, -0.15) is 5.26 Å². The number of hydrogen-bond donors (Lipinski definition) is 0. The Kier molecular flexibility index (Phi) is 3.40. The maximum atomic E-state index is 8.82. The number of nitrogens with zero attached hydrogens (tertiary/aromatic N) is 3. The van der Waals surface area contributed by atoms with Gasteiger partial charge in [-0.1, -0.05) is 11.6 Å². The number of halogens is 1. The Morgan fingerprint density at radius 1 is 1.39 bits per heavy atom. The molecule has 1 aromatic carbocycles. The highest BCUT2D eigenvalue weighted by molar-refractivity contribution is 6.32. The van der Waals surface area contributed by atoms with Crippen LogP contribution in [-0.2, 0) is 6.42 Å². The maximum Gasteiger partial charge on any atom is 0.0775 e. The van der Waals surface area contributed by atoms with E-state index >= 15 is 0 Å². The molecule has 0 N–H and O–H groups in total. The van der Waals surface area contributed by atoms with Crippen LogP contribution in [0.2, 0.25) is 5.02 Å². The van der Waals surface area contributed by atoms with E-state index in [1.165, 1.54) is 0 Å². The third-order valence-electron chi connectivity index (χ3n) is 2.94. The summed E-state index contributed by atoms with van der Waals surface area (Å²) in [6, 6.07) is 7.95. The van der Waals surface area contributed by atoms with E-state index < -0.39 is 0 Å². The van der Waals surface area contributed by atoms with E-state index in [1.807, 2.05) is 44.1 Å².